The van der Waals surface area contributed by atoms with Crippen molar-refractivity contribution in [2.45, 2.75) is 27.7 Å². The monoisotopic (exact) mass is 258 g/mol. The Hall–Kier alpha value is -2.23. The number of hydrogen-bond acceptors (Lipinski definition) is 3. The van der Waals surface area contributed by atoms with Gasteiger partial charge in [-0.15, -0.1) is 0 Å². The first-order chi connectivity index (χ1) is 8.91. The van der Waals surface area contributed by atoms with E-state index in [-0.39, 0.29) is 5.91 Å². The zero-order chi connectivity index (χ0) is 14.2. The van der Waals surface area contributed by atoms with Gasteiger partial charge in [0.05, 0.1) is 16.9 Å². The van der Waals surface area contributed by atoms with Gasteiger partial charge in [0, 0.05) is 5.56 Å². The Morgan fingerprint density at radius 3 is 2.37 bits per heavy atom. The van der Waals surface area contributed by atoms with E-state index in [2.05, 4.69) is 5.32 Å². The molecule has 2 aromatic rings. The lowest BCUT2D eigenvalue weighted by atomic mass is 10.1. The summed E-state index contributed by atoms with van der Waals surface area (Å²) in [6, 6.07) is 5.54. The summed E-state index contributed by atoms with van der Waals surface area (Å²) in [4.78, 5) is 12.3. The molecule has 0 atom stereocenters. The number of nitrogen functional groups attached to an aromatic ring is 1. The molecule has 0 aliphatic rings. The number of anilines is 2. The van der Waals surface area contributed by atoms with Gasteiger partial charge in [-0.05, 0) is 39.3 Å². The van der Waals surface area contributed by atoms with Crippen LogP contribution in [-0.4, -0.2) is 5.91 Å². The number of benzene rings is 1. The Kier molecular flexibility index (Phi) is 3.34. The van der Waals surface area contributed by atoms with Gasteiger partial charge >= 0.3 is 0 Å². The van der Waals surface area contributed by atoms with E-state index in [0.717, 1.165) is 16.9 Å². The van der Waals surface area contributed by atoms with E-state index < -0.39 is 0 Å². The van der Waals surface area contributed by atoms with Crippen molar-refractivity contribution < 1.29 is 9.21 Å². The summed E-state index contributed by atoms with van der Waals surface area (Å²) < 4.78 is 5.47. The van der Waals surface area contributed by atoms with Crippen LogP contribution in [-0.2, 0) is 0 Å². The molecule has 0 saturated heterocycles. The molecule has 0 aliphatic heterocycles. The molecule has 3 N–H and O–H groups in total. The van der Waals surface area contributed by atoms with Crippen LogP contribution in [0.25, 0.3) is 0 Å². The third kappa shape index (κ3) is 2.34. The van der Waals surface area contributed by atoms with Crippen LogP contribution in [0.5, 0.6) is 0 Å². The quantitative estimate of drug-likeness (QED) is 0.812. The van der Waals surface area contributed by atoms with Gasteiger partial charge in [0.2, 0.25) is 0 Å². The van der Waals surface area contributed by atoms with Gasteiger partial charge in [0.1, 0.15) is 11.5 Å². The summed E-state index contributed by atoms with van der Waals surface area (Å²) in [5, 5.41) is 2.87. The van der Waals surface area contributed by atoms with E-state index in [1.165, 1.54) is 0 Å². The van der Waals surface area contributed by atoms with Crippen molar-refractivity contribution in [1.82, 2.24) is 0 Å². The summed E-state index contributed by atoms with van der Waals surface area (Å²) in [6.07, 6.45) is 0. The van der Waals surface area contributed by atoms with Gasteiger partial charge in [-0.2, -0.15) is 0 Å². The van der Waals surface area contributed by atoms with Crippen molar-refractivity contribution in [2.24, 2.45) is 0 Å². The minimum atomic E-state index is -0.187. The van der Waals surface area contributed by atoms with Crippen molar-refractivity contribution in [3.05, 3.63) is 46.4 Å². The Labute approximate surface area is 112 Å². The normalized spacial score (nSPS) is 10.5. The molecule has 0 bridgehead atoms. The molecule has 1 heterocycles. The average Bonchev–Trinajstić information content (AvgIpc) is 2.58. The Morgan fingerprint density at radius 2 is 1.84 bits per heavy atom. The van der Waals surface area contributed by atoms with Gasteiger partial charge < -0.3 is 15.5 Å². The van der Waals surface area contributed by atoms with Crippen LogP contribution in [0.2, 0.25) is 0 Å². The topological polar surface area (TPSA) is 68.3 Å². The number of aryl methyl sites for hydroxylation is 3. The van der Waals surface area contributed by atoms with Crippen LogP contribution in [0.3, 0.4) is 0 Å². The average molecular weight is 258 g/mol. The van der Waals surface area contributed by atoms with Crippen LogP contribution in [0.1, 0.15) is 33.0 Å². The molecule has 1 aromatic heterocycles. The maximum absolute atomic E-state index is 12.3. The molecular formula is C15H18N2O2. The fourth-order valence-corrected chi connectivity index (χ4v) is 2.16. The fraction of sp³-hybridized carbons (Fsp3) is 0.267. The highest BCUT2D eigenvalue weighted by atomic mass is 16.3. The molecule has 0 radical (unpaired) electrons. The van der Waals surface area contributed by atoms with Crippen molar-refractivity contribution in [3.8, 4) is 0 Å². The van der Waals surface area contributed by atoms with Crippen LogP contribution < -0.4 is 11.1 Å². The van der Waals surface area contributed by atoms with Crippen LogP contribution in [0.15, 0.2) is 22.6 Å². The Morgan fingerprint density at radius 1 is 1.16 bits per heavy atom. The molecule has 0 aliphatic carbocycles. The molecule has 1 amide bonds. The van der Waals surface area contributed by atoms with Crippen LogP contribution >= 0.6 is 0 Å². The minimum Gasteiger partial charge on any atom is -0.466 e. The maximum atomic E-state index is 12.3. The lowest BCUT2D eigenvalue weighted by Crippen LogP contribution is -2.15. The number of nitrogens with one attached hydrogen (secondary N) is 1. The van der Waals surface area contributed by atoms with Crippen LogP contribution in [0.4, 0.5) is 11.4 Å². The molecule has 0 saturated carbocycles. The SMILES string of the molecule is Cc1cccc(N)c1NC(=O)c1c(C)oc(C)c1C. The number of rotatable bonds is 2. The number of nitrogens with two attached hydrogens (primary N) is 1. The number of amides is 1. The highest BCUT2D eigenvalue weighted by molar-refractivity contribution is 6.07. The summed E-state index contributed by atoms with van der Waals surface area (Å²) in [5.41, 5.74) is 9.49. The first-order valence-corrected chi connectivity index (χ1v) is 6.15. The largest absolute Gasteiger partial charge is 0.466 e. The van der Waals surface area contributed by atoms with Crippen LogP contribution in [0, 0.1) is 27.7 Å². The van der Waals surface area contributed by atoms with E-state index in [1.807, 2.05) is 32.9 Å². The molecular weight excluding hydrogens is 240 g/mol. The molecule has 100 valence electrons. The second-order valence-electron chi connectivity index (χ2n) is 4.71. The van der Waals surface area contributed by atoms with E-state index in [1.54, 1.807) is 13.0 Å². The third-order valence-corrected chi connectivity index (χ3v) is 3.33. The van der Waals surface area contributed by atoms with Gasteiger partial charge in [-0.1, -0.05) is 12.1 Å². The number of hydrogen-bond donors (Lipinski definition) is 2. The third-order valence-electron chi connectivity index (χ3n) is 3.33. The van der Waals surface area contributed by atoms with E-state index >= 15 is 0 Å². The van der Waals surface area contributed by atoms with Crippen molar-refractivity contribution >= 4 is 17.3 Å². The minimum absolute atomic E-state index is 0.187. The predicted molar refractivity (Wildman–Crippen MR) is 76.5 cm³/mol. The molecule has 1 aromatic carbocycles. The van der Waals surface area contributed by atoms with Gasteiger partial charge in [-0.25, -0.2) is 0 Å². The molecule has 4 heteroatoms. The van der Waals surface area contributed by atoms with E-state index in [4.69, 9.17) is 10.2 Å². The first kappa shape index (κ1) is 13.2. The maximum Gasteiger partial charge on any atom is 0.259 e. The summed E-state index contributed by atoms with van der Waals surface area (Å²) in [5.74, 6) is 1.20. The molecule has 4 nitrogen and oxygen atoms in total. The van der Waals surface area contributed by atoms with Crippen molar-refractivity contribution in [2.75, 3.05) is 11.1 Å². The zero-order valence-electron chi connectivity index (χ0n) is 11.6. The fourth-order valence-electron chi connectivity index (χ4n) is 2.16. The highest BCUT2D eigenvalue weighted by Crippen LogP contribution is 2.26. The van der Waals surface area contributed by atoms with Gasteiger partial charge in [-0.3, -0.25) is 4.79 Å². The van der Waals surface area contributed by atoms with Gasteiger partial charge in [0.15, 0.2) is 0 Å². The highest BCUT2D eigenvalue weighted by Gasteiger charge is 2.19. The second-order valence-corrected chi connectivity index (χ2v) is 4.71. The summed E-state index contributed by atoms with van der Waals surface area (Å²) >= 11 is 0. The number of para-hydroxylation sites is 1. The Bertz CT molecular complexity index is 622. The number of carbonyl (C=O) groups is 1. The molecule has 0 unspecified atom stereocenters. The molecule has 2 rings (SSSR count). The number of furan rings is 1. The van der Waals surface area contributed by atoms with Gasteiger partial charge in [0.25, 0.3) is 5.91 Å². The van der Waals surface area contributed by atoms with Crippen molar-refractivity contribution in [1.29, 1.82) is 0 Å². The first-order valence-electron chi connectivity index (χ1n) is 6.15. The summed E-state index contributed by atoms with van der Waals surface area (Å²) in [6.45, 7) is 7.42. The molecule has 0 fully saturated rings. The lowest BCUT2D eigenvalue weighted by Gasteiger charge is -2.11. The zero-order valence-corrected chi connectivity index (χ0v) is 11.6. The molecule has 19 heavy (non-hydrogen) atoms. The predicted octanol–water partition coefficient (Wildman–Crippen LogP) is 3.35. The summed E-state index contributed by atoms with van der Waals surface area (Å²) in [7, 11) is 0. The standard InChI is InChI=1S/C15H18N2O2/c1-8-6-5-7-12(16)14(8)17-15(18)13-9(2)10(3)19-11(13)4/h5-7H,16H2,1-4H3,(H,17,18). The van der Waals surface area contributed by atoms with Crippen molar-refractivity contribution in [3.63, 3.8) is 0 Å². The Balaban J connectivity index is 2.36. The smallest absolute Gasteiger partial charge is 0.259 e. The molecule has 0 spiro atoms. The lowest BCUT2D eigenvalue weighted by molar-refractivity contribution is 0.102. The second kappa shape index (κ2) is 4.80. The number of carbonyl (C=O) groups excluding carboxylic acids is 1. The van der Waals surface area contributed by atoms with E-state index in [0.29, 0.717) is 22.7 Å². The van der Waals surface area contributed by atoms with E-state index in [9.17, 15) is 4.79 Å².